The molecule has 0 atom stereocenters. The van der Waals surface area contributed by atoms with Gasteiger partial charge in [-0.1, -0.05) is 17.7 Å². The van der Waals surface area contributed by atoms with E-state index in [1.54, 1.807) is 18.3 Å². The number of rotatable bonds is 4. The molecule has 0 aliphatic carbocycles. The summed E-state index contributed by atoms with van der Waals surface area (Å²) in [5.74, 6) is -0.400. The Kier molecular flexibility index (Phi) is 5.33. The standard InChI is InChI=1S/C13H10Br2ClFN2/c14-9-4-10(15)13(19-6-9)7-18-5-8-1-2-12(17)11(16)3-8/h1-4,6,18H,5,7H2. The van der Waals surface area contributed by atoms with Crippen LogP contribution in [0.2, 0.25) is 5.02 Å². The van der Waals surface area contributed by atoms with E-state index in [1.165, 1.54) is 6.07 Å². The highest BCUT2D eigenvalue weighted by Crippen LogP contribution is 2.20. The third kappa shape index (κ3) is 4.24. The topological polar surface area (TPSA) is 24.9 Å². The lowest BCUT2D eigenvalue weighted by atomic mass is 10.2. The maximum atomic E-state index is 13.0. The van der Waals surface area contributed by atoms with Crippen LogP contribution in [0.3, 0.4) is 0 Å². The minimum atomic E-state index is -0.400. The molecule has 0 amide bonds. The number of benzene rings is 1. The van der Waals surface area contributed by atoms with Gasteiger partial charge in [-0.3, -0.25) is 4.98 Å². The molecule has 6 heteroatoms. The first-order valence-corrected chi connectivity index (χ1v) is 7.47. The van der Waals surface area contributed by atoms with Crippen molar-refractivity contribution in [3.05, 3.63) is 61.5 Å². The Morgan fingerprint density at radius 2 is 2.00 bits per heavy atom. The molecule has 1 heterocycles. The van der Waals surface area contributed by atoms with E-state index in [0.29, 0.717) is 13.1 Å². The first kappa shape index (κ1) is 14.9. The maximum absolute atomic E-state index is 13.0. The molecule has 0 saturated carbocycles. The lowest BCUT2D eigenvalue weighted by Crippen LogP contribution is -2.14. The Bertz CT molecular complexity index is 593. The summed E-state index contributed by atoms with van der Waals surface area (Å²) in [6.07, 6.45) is 1.75. The molecule has 0 saturated heterocycles. The van der Waals surface area contributed by atoms with Gasteiger partial charge >= 0.3 is 0 Å². The van der Waals surface area contributed by atoms with Crippen LogP contribution in [0.15, 0.2) is 39.4 Å². The molecule has 19 heavy (non-hydrogen) atoms. The Morgan fingerprint density at radius 1 is 1.21 bits per heavy atom. The van der Waals surface area contributed by atoms with Crippen LogP contribution < -0.4 is 5.32 Å². The molecule has 2 aromatic rings. The van der Waals surface area contributed by atoms with Crippen molar-refractivity contribution in [3.8, 4) is 0 Å². The Labute approximate surface area is 132 Å². The summed E-state index contributed by atoms with van der Waals surface area (Å²) < 4.78 is 14.9. The fourth-order valence-electron chi connectivity index (χ4n) is 1.55. The summed E-state index contributed by atoms with van der Waals surface area (Å²) in [6.45, 7) is 1.22. The molecule has 1 aromatic heterocycles. The zero-order valence-electron chi connectivity index (χ0n) is 9.76. The van der Waals surface area contributed by atoms with Crippen molar-refractivity contribution in [1.82, 2.24) is 10.3 Å². The summed E-state index contributed by atoms with van der Waals surface area (Å²) >= 11 is 12.5. The summed E-state index contributed by atoms with van der Waals surface area (Å²) in [7, 11) is 0. The van der Waals surface area contributed by atoms with Gasteiger partial charge in [0.25, 0.3) is 0 Å². The van der Waals surface area contributed by atoms with E-state index >= 15 is 0 Å². The number of hydrogen-bond acceptors (Lipinski definition) is 2. The van der Waals surface area contributed by atoms with Crippen LogP contribution in [0.5, 0.6) is 0 Å². The van der Waals surface area contributed by atoms with Crippen LogP contribution in [-0.2, 0) is 13.1 Å². The molecule has 1 aromatic carbocycles. The van der Waals surface area contributed by atoms with Crippen LogP contribution in [-0.4, -0.2) is 4.98 Å². The highest BCUT2D eigenvalue weighted by molar-refractivity contribution is 9.11. The number of aromatic nitrogens is 1. The van der Waals surface area contributed by atoms with E-state index in [2.05, 4.69) is 42.2 Å². The average Bonchev–Trinajstić information content (AvgIpc) is 2.36. The van der Waals surface area contributed by atoms with Gasteiger partial charge in [0.2, 0.25) is 0 Å². The average molecular weight is 408 g/mol. The van der Waals surface area contributed by atoms with Gasteiger partial charge in [0, 0.05) is 28.2 Å². The first-order valence-electron chi connectivity index (χ1n) is 5.51. The van der Waals surface area contributed by atoms with Gasteiger partial charge in [0.1, 0.15) is 5.82 Å². The van der Waals surface area contributed by atoms with Crippen LogP contribution in [0, 0.1) is 5.82 Å². The fraction of sp³-hybridized carbons (Fsp3) is 0.154. The second-order valence-electron chi connectivity index (χ2n) is 3.93. The van der Waals surface area contributed by atoms with E-state index in [9.17, 15) is 4.39 Å². The molecule has 2 rings (SSSR count). The zero-order chi connectivity index (χ0) is 13.8. The molecule has 0 aliphatic heterocycles. The number of nitrogens with one attached hydrogen (secondary N) is 1. The van der Waals surface area contributed by atoms with E-state index in [-0.39, 0.29) is 5.02 Å². The fourth-order valence-corrected chi connectivity index (χ4v) is 2.88. The van der Waals surface area contributed by atoms with Gasteiger partial charge < -0.3 is 5.32 Å². The Morgan fingerprint density at radius 3 is 2.68 bits per heavy atom. The predicted molar refractivity (Wildman–Crippen MR) is 81.6 cm³/mol. The lowest BCUT2D eigenvalue weighted by molar-refractivity contribution is 0.624. The molecular weight excluding hydrogens is 398 g/mol. The van der Waals surface area contributed by atoms with Crippen LogP contribution in [0.4, 0.5) is 4.39 Å². The maximum Gasteiger partial charge on any atom is 0.141 e. The van der Waals surface area contributed by atoms with Crippen molar-refractivity contribution in [3.63, 3.8) is 0 Å². The van der Waals surface area contributed by atoms with Crippen molar-refractivity contribution >= 4 is 43.5 Å². The lowest BCUT2D eigenvalue weighted by Gasteiger charge is -2.07. The third-order valence-electron chi connectivity index (χ3n) is 2.49. The van der Waals surface area contributed by atoms with Crippen LogP contribution in [0.1, 0.15) is 11.3 Å². The molecule has 0 spiro atoms. The minimum absolute atomic E-state index is 0.141. The number of pyridine rings is 1. The summed E-state index contributed by atoms with van der Waals surface area (Å²) in [5.41, 5.74) is 1.84. The van der Waals surface area contributed by atoms with E-state index in [0.717, 1.165) is 20.2 Å². The molecule has 0 fully saturated rings. The smallest absolute Gasteiger partial charge is 0.141 e. The largest absolute Gasteiger partial charge is 0.307 e. The number of hydrogen-bond donors (Lipinski definition) is 1. The van der Waals surface area contributed by atoms with Crippen LogP contribution >= 0.6 is 43.5 Å². The van der Waals surface area contributed by atoms with E-state index in [4.69, 9.17) is 11.6 Å². The van der Waals surface area contributed by atoms with Gasteiger partial charge in [-0.2, -0.15) is 0 Å². The molecule has 0 bridgehead atoms. The number of nitrogens with zero attached hydrogens (tertiary/aromatic N) is 1. The van der Waals surface area contributed by atoms with E-state index in [1.807, 2.05) is 6.07 Å². The Balaban J connectivity index is 1.94. The highest BCUT2D eigenvalue weighted by Gasteiger charge is 2.03. The summed E-state index contributed by atoms with van der Waals surface area (Å²) in [5, 5.41) is 3.38. The zero-order valence-corrected chi connectivity index (χ0v) is 13.7. The van der Waals surface area contributed by atoms with Crippen LogP contribution in [0.25, 0.3) is 0 Å². The van der Waals surface area contributed by atoms with Gasteiger partial charge in [0.05, 0.1) is 10.7 Å². The van der Waals surface area contributed by atoms with Crippen molar-refractivity contribution in [2.45, 2.75) is 13.1 Å². The summed E-state index contributed by atoms with van der Waals surface area (Å²) in [6, 6.07) is 6.64. The molecule has 0 radical (unpaired) electrons. The van der Waals surface area contributed by atoms with Gasteiger partial charge in [0.15, 0.2) is 0 Å². The molecule has 0 aliphatic rings. The summed E-state index contributed by atoms with van der Waals surface area (Å²) in [4.78, 5) is 4.30. The third-order valence-corrected chi connectivity index (χ3v) is 3.90. The van der Waals surface area contributed by atoms with Gasteiger partial charge in [-0.05, 0) is 55.6 Å². The van der Waals surface area contributed by atoms with Gasteiger partial charge in [-0.25, -0.2) is 4.39 Å². The monoisotopic (exact) mass is 406 g/mol. The van der Waals surface area contributed by atoms with Crippen molar-refractivity contribution < 1.29 is 4.39 Å². The first-order chi connectivity index (χ1) is 9.06. The second kappa shape index (κ2) is 6.79. The molecule has 1 N–H and O–H groups in total. The normalized spacial score (nSPS) is 10.7. The van der Waals surface area contributed by atoms with Crippen molar-refractivity contribution in [2.24, 2.45) is 0 Å². The van der Waals surface area contributed by atoms with Crippen molar-refractivity contribution in [1.29, 1.82) is 0 Å². The molecule has 100 valence electrons. The quantitative estimate of drug-likeness (QED) is 0.794. The van der Waals surface area contributed by atoms with Gasteiger partial charge in [-0.15, -0.1) is 0 Å². The van der Waals surface area contributed by atoms with E-state index < -0.39 is 5.82 Å². The molecule has 0 unspecified atom stereocenters. The number of halogens is 4. The van der Waals surface area contributed by atoms with Crippen molar-refractivity contribution in [2.75, 3.05) is 0 Å². The second-order valence-corrected chi connectivity index (χ2v) is 6.11. The Hall–Kier alpha value is -0.490. The SMILES string of the molecule is Fc1ccc(CNCc2ncc(Br)cc2Br)cc1Cl. The molecule has 2 nitrogen and oxygen atoms in total. The predicted octanol–water partition coefficient (Wildman–Crippen LogP) is 4.69. The minimum Gasteiger partial charge on any atom is -0.307 e. The highest BCUT2D eigenvalue weighted by atomic mass is 79.9. The molecular formula is C13H10Br2ClFN2.